The van der Waals surface area contributed by atoms with Crippen LogP contribution in [0, 0.1) is 0 Å². The van der Waals surface area contributed by atoms with Gasteiger partial charge in [0.2, 0.25) is 16.2 Å². The Labute approximate surface area is 233 Å². The summed E-state index contributed by atoms with van der Waals surface area (Å²) in [6.45, 7) is 6.06. The molecule has 0 aliphatic carbocycles. The molecule has 39 heavy (non-hydrogen) atoms. The topological polar surface area (TPSA) is 99.7 Å². The summed E-state index contributed by atoms with van der Waals surface area (Å²) in [5, 5.41) is 15.7. The zero-order valence-corrected chi connectivity index (χ0v) is 23.0. The van der Waals surface area contributed by atoms with Crippen molar-refractivity contribution in [3.05, 3.63) is 71.3 Å². The van der Waals surface area contributed by atoms with Crippen molar-refractivity contribution < 1.29 is 14.3 Å². The number of carbonyl (C=O) groups excluding carboxylic acids is 2. The molecule has 0 saturated carbocycles. The van der Waals surface area contributed by atoms with E-state index in [4.69, 9.17) is 4.74 Å². The van der Waals surface area contributed by atoms with Gasteiger partial charge in [0.05, 0.1) is 19.1 Å². The van der Waals surface area contributed by atoms with E-state index in [0.717, 1.165) is 61.8 Å². The number of nitrogens with zero attached hydrogens (tertiary/aromatic N) is 4. The highest BCUT2D eigenvalue weighted by Gasteiger charge is 2.23. The van der Waals surface area contributed by atoms with Crippen molar-refractivity contribution in [2.24, 2.45) is 0 Å². The van der Waals surface area contributed by atoms with Crippen molar-refractivity contribution >= 4 is 33.4 Å². The zero-order valence-electron chi connectivity index (χ0n) is 22.2. The van der Waals surface area contributed by atoms with Crippen molar-refractivity contribution in [3.8, 4) is 0 Å². The lowest BCUT2D eigenvalue weighted by molar-refractivity contribution is -0.115. The van der Waals surface area contributed by atoms with Gasteiger partial charge >= 0.3 is 0 Å². The molecule has 5 rings (SSSR count). The van der Waals surface area contributed by atoms with Crippen molar-refractivity contribution in [1.29, 1.82) is 0 Å². The highest BCUT2D eigenvalue weighted by molar-refractivity contribution is 7.19. The van der Waals surface area contributed by atoms with E-state index in [-0.39, 0.29) is 17.9 Å². The molecule has 2 amide bonds. The van der Waals surface area contributed by atoms with Gasteiger partial charge in [-0.15, -0.1) is 10.2 Å². The Morgan fingerprint density at radius 2 is 1.67 bits per heavy atom. The second-order valence-corrected chi connectivity index (χ2v) is 11.1. The highest BCUT2D eigenvalue weighted by Crippen LogP contribution is 2.27. The summed E-state index contributed by atoms with van der Waals surface area (Å²) < 4.78 is 6.17. The number of aromatic nitrogens is 2. The summed E-state index contributed by atoms with van der Waals surface area (Å²) in [5.41, 5.74) is 2.71. The molecule has 2 fully saturated rings. The zero-order chi connectivity index (χ0) is 26.9. The first-order valence-corrected chi connectivity index (χ1v) is 14.6. The van der Waals surface area contributed by atoms with Crippen molar-refractivity contribution in [1.82, 2.24) is 20.4 Å². The Morgan fingerprint density at radius 1 is 0.923 bits per heavy atom. The summed E-state index contributed by atoms with van der Waals surface area (Å²) in [5.74, 6) is -0.119. The van der Waals surface area contributed by atoms with Crippen LogP contribution in [-0.4, -0.2) is 72.3 Å². The van der Waals surface area contributed by atoms with Crippen LogP contribution < -0.4 is 15.5 Å². The summed E-state index contributed by atoms with van der Waals surface area (Å²) in [4.78, 5) is 29.3. The predicted molar refractivity (Wildman–Crippen MR) is 153 cm³/mol. The number of ether oxygens (including phenoxy) is 1. The molecule has 1 aromatic heterocycles. The maximum Gasteiger partial charge on any atom is 0.251 e. The van der Waals surface area contributed by atoms with Crippen molar-refractivity contribution in [2.75, 3.05) is 49.5 Å². The summed E-state index contributed by atoms with van der Waals surface area (Å²) in [7, 11) is 0. The first kappa shape index (κ1) is 27.2. The van der Waals surface area contributed by atoms with E-state index in [9.17, 15) is 9.59 Å². The molecule has 0 unspecified atom stereocenters. The lowest BCUT2D eigenvalue weighted by Gasteiger charge is -2.31. The van der Waals surface area contributed by atoms with Gasteiger partial charge in [-0.3, -0.25) is 9.59 Å². The van der Waals surface area contributed by atoms with E-state index in [1.807, 2.05) is 54.6 Å². The van der Waals surface area contributed by atoms with E-state index >= 15 is 0 Å². The molecule has 0 spiro atoms. The number of hydrogen-bond donors (Lipinski definition) is 2. The van der Waals surface area contributed by atoms with Crippen LogP contribution in [0.25, 0.3) is 0 Å². The van der Waals surface area contributed by atoms with Crippen LogP contribution in [-0.2, 0) is 22.6 Å². The molecular formula is C29H36N6O3S. The predicted octanol–water partition coefficient (Wildman–Crippen LogP) is 3.73. The lowest BCUT2D eigenvalue weighted by Crippen LogP contribution is -2.37. The Hall–Kier alpha value is -3.34. The van der Waals surface area contributed by atoms with Crippen LogP contribution in [0.3, 0.4) is 0 Å². The molecule has 10 heteroatoms. The van der Waals surface area contributed by atoms with Gasteiger partial charge in [0.25, 0.3) is 5.91 Å². The highest BCUT2D eigenvalue weighted by atomic mass is 32.1. The quantitative estimate of drug-likeness (QED) is 0.377. The van der Waals surface area contributed by atoms with E-state index < -0.39 is 0 Å². The number of rotatable bonds is 11. The largest absolute Gasteiger partial charge is 0.373 e. The van der Waals surface area contributed by atoms with Gasteiger partial charge in [0.1, 0.15) is 0 Å². The van der Waals surface area contributed by atoms with Gasteiger partial charge in [-0.05, 0) is 62.0 Å². The standard InChI is InChI=1S/C29H36N6O3S/c36-26(20-22-6-2-1-3-7-22)31-28-32-33-29(39-28)35-17-12-25(13-18-35)38-21-23-8-10-24(11-9-23)27(37)30-14-19-34-15-4-5-16-34/h1-3,6-11,25H,4-5,12-21H2,(H,30,37)(H,31,32,36). The van der Waals surface area contributed by atoms with Crippen molar-refractivity contribution in [3.63, 3.8) is 0 Å². The van der Waals surface area contributed by atoms with Crippen LogP contribution in [0.1, 0.15) is 47.2 Å². The maximum absolute atomic E-state index is 12.4. The molecule has 0 bridgehead atoms. The summed E-state index contributed by atoms with van der Waals surface area (Å²) in [6.07, 6.45) is 4.80. The van der Waals surface area contributed by atoms with Gasteiger partial charge in [0.15, 0.2) is 0 Å². The molecule has 0 atom stereocenters. The van der Waals surface area contributed by atoms with E-state index in [0.29, 0.717) is 30.3 Å². The maximum atomic E-state index is 12.4. The summed E-state index contributed by atoms with van der Waals surface area (Å²) in [6, 6.07) is 17.3. The molecular weight excluding hydrogens is 512 g/mol. The summed E-state index contributed by atoms with van der Waals surface area (Å²) >= 11 is 1.40. The minimum Gasteiger partial charge on any atom is -0.373 e. The molecule has 2 N–H and O–H groups in total. The first-order valence-electron chi connectivity index (χ1n) is 13.8. The smallest absolute Gasteiger partial charge is 0.251 e. The number of amides is 2. The van der Waals surface area contributed by atoms with Crippen LogP contribution in [0.2, 0.25) is 0 Å². The number of nitrogens with one attached hydrogen (secondary N) is 2. The van der Waals surface area contributed by atoms with Crippen LogP contribution >= 0.6 is 11.3 Å². The third-order valence-corrected chi connectivity index (χ3v) is 8.09. The van der Waals surface area contributed by atoms with Crippen LogP contribution in [0.5, 0.6) is 0 Å². The third kappa shape index (κ3) is 8.08. The Bertz CT molecular complexity index is 1210. The minimum atomic E-state index is -0.0952. The van der Waals surface area contributed by atoms with Gasteiger partial charge in [-0.25, -0.2) is 0 Å². The van der Waals surface area contributed by atoms with E-state index in [2.05, 4.69) is 30.6 Å². The monoisotopic (exact) mass is 548 g/mol. The number of hydrogen-bond acceptors (Lipinski definition) is 8. The molecule has 2 aliphatic heterocycles. The SMILES string of the molecule is O=C(Cc1ccccc1)Nc1nnc(N2CCC(OCc3ccc(C(=O)NCCN4CCCC4)cc3)CC2)s1. The number of piperidine rings is 1. The third-order valence-electron chi connectivity index (χ3n) is 7.19. The first-order chi connectivity index (χ1) is 19.1. The fraction of sp³-hybridized carbons (Fsp3) is 0.448. The second kappa shape index (κ2) is 13.6. The lowest BCUT2D eigenvalue weighted by atomic mass is 10.1. The van der Waals surface area contributed by atoms with Crippen LogP contribution in [0.4, 0.5) is 10.3 Å². The molecule has 206 valence electrons. The molecule has 2 saturated heterocycles. The molecule has 3 aromatic rings. The Morgan fingerprint density at radius 3 is 2.41 bits per heavy atom. The van der Waals surface area contributed by atoms with E-state index in [1.165, 1.54) is 24.2 Å². The van der Waals surface area contributed by atoms with Gasteiger partial charge < -0.3 is 25.2 Å². The number of likely N-dealkylation sites (tertiary alicyclic amines) is 1. The number of benzene rings is 2. The number of carbonyl (C=O) groups is 2. The van der Waals surface area contributed by atoms with Gasteiger partial charge in [-0.1, -0.05) is 53.8 Å². The van der Waals surface area contributed by atoms with Crippen LogP contribution in [0.15, 0.2) is 54.6 Å². The van der Waals surface area contributed by atoms with Crippen molar-refractivity contribution in [2.45, 2.75) is 44.8 Å². The van der Waals surface area contributed by atoms with Gasteiger partial charge in [-0.2, -0.15) is 0 Å². The molecule has 9 nitrogen and oxygen atoms in total. The minimum absolute atomic E-state index is 0.0235. The number of anilines is 2. The van der Waals surface area contributed by atoms with E-state index in [1.54, 1.807) is 0 Å². The average molecular weight is 549 g/mol. The molecule has 2 aliphatic rings. The Balaban J connectivity index is 1.00. The van der Waals surface area contributed by atoms with Gasteiger partial charge in [0, 0.05) is 31.7 Å². The second-order valence-electron chi connectivity index (χ2n) is 10.1. The average Bonchev–Trinajstić information content (AvgIpc) is 3.66. The molecule has 0 radical (unpaired) electrons. The Kier molecular flexibility index (Phi) is 9.52. The molecule has 3 heterocycles. The normalized spacial score (nSPS) is 16.4. The fourth-order valence-electron chi connectivity index (χ4n) is 4.95. The fourth-order valence-corrected chi connectivity index (χ4v) is 5.77. The molecule has 2 aromatic carbocycles.